The largest absolute Gasteiger partial charge is 0.456 e. The van der Waals surface area contributed by atoms with E-state index in [1.54, 1.807) is 18.2 Å². The summed E-state index contributed by atoms with van der Waals surface area (Å²) in [6, 6.07) is 14.7. The van der Waals surface area contributed by atoms with Crippen LogP contribution in [0.5, 0.6) is 0 Å². The lowest BCUT2D eigenvalue weighted by Gasteiger charge is -2.22. The van der Waals surface area contributed by atoms with E-state index in [1.165, 1.54) is 6.07 Å². The second-order valence-electron chi connectivity index (χ2n) is 6.61. The first-order chi connectivity index (χ1) is 13.9. The molecule has 0 heterocycles. The summed E-state index contributed by atoms with van der Waals surface area (Å²) in [5.74, 6) is -1.27. The van der Waals surface area contributed by atoms with Crippen molar-refractivity contribution in [3.8, 4) is 0 Å². The van der Waals surface area contributed by atoms with Crippen LogP contribution in [-0.2, 0) is 20.9 Å². The average molecular weight is 418 g/mol. The minimum Gasteiger partial charge on any atom is -0.456 e. The fraction of sp³-hybridized carbons (Fsp3) is 0.318. The van der Waals surface area contributed by atoms with Crippen LogP contribution < -0.4 is 5.32 Å². The van der Waals surface area contributed by atoms with Crippen LogP contribution in [0.4, 0.5) is 4.79 Å². The maximum Gasteiger partial charge on any atom is 0.408 e. The van der Waals surface area contributed by atoms with Gasteiger partial charge in [0, 0.05) is 10.6 Å². The number of carbonyl (C=O) groups is 3. The zero-order valence-electron chi connectivity index (χ0n) is 16.4. The van der Waals surface area contributed by atoms with Gasteiger partial charge < -0.3 is 14.8 Å². The van der Waals surface area contributed by atoms with Gasteiger partial charge in [-0.25, -0.2) is 9.59 Å². The number of esters is 1. The maximum atomic E-state index is 12.5. The van der Waals surface area contributed by atoms with Gasteiger partial charge in [-0.15, -0.1) is 0 Å². The first-order valence-corrected chi connectivity index (χ1v) is 9.71. The molecule has 2 aromatic carbocycles. The minimum atomic E-state index is -0.921. The number of ketones is 1. The van der Waals surface area contributed by atoms with Crippen LogP contribution in [0.15, 0.2) is 54.6 Å². The van der Waals surface area contributed by atoms with Crippen molar-refractivity contribution in [3.63, 3.8) is 0 Å². The molecule has 0 radical (unpaired) electrons. The monoisotopic (exact) mass is 417 g/mol. The van der Waals surface area contributed by atoms with Crippen molar-refractivity contribution in [2.75, 3.05) is 6.61 Å². The fourth-order valence-electron chi connectivity index (χ4n) is 2.53. The molecule has 29 heavy (non-hydrogen) atoms. The molecule has 1 amide bonds. The van der Waals surface area contributed by atoms with Gasteiger partial charge in [-0.3, -0.25) is 4.79 Å². The van der Waals surface area contributed by atoms with Gasteiger partial charge in [-0.1, -0.05) is 74.3 Å². The van der Waals surface area contributed by atoms with E-state index < -0.39 is 24.7 Å². The molecular formula is C22H24ClNO5. The van der Waals surface area contributed by atoms with Gasteiger partial charge in [-0.05, 0) is 23.6 Å². The first kappa shape index (κ1) is 22.4. The van der Waals surface area contributed by atoms with Crippen molar-refractivity contribution in [2.24, 2.45) is 5.92 Å². The Balaban J connectivity index is 1.91. The number of halogens is 1. The average Bonchev–Trinajstić information content (AvgIpc) is 2.74. The molecule has 154 valence electrons. The summed E-state index contributed by atoms with van der Waals surface area (Å²) in [7, 11) is 0. The Labute approximate surface area is 175 Å². The Hall–Kier alpha value is -2.86. The van der Waals surface area contributed by atoms with Gasteiger partial charge in [0.25, 0.3) is 0 Å². The highest BCUT2D eigenvalue weighted by Crippen LogP contribution is 2.13. The normalized spacial score (nSPS) is 12.5. The standard InChI is InChI=1S/C22H24ClNO5/c1-3-15(2)20(24-22(27)29-13-16-8-5-4-6-9-16)21(26)28-14-19(25)17-10-7-11-18(23)12-17/h4-12,15,20H,3,13-14H2,1-2H3,(H,24,27)/t15-,20-/m1/s1. The number of benzene rings is 2. The Morgan fingerprint density at radius 2 is 1.76 bits per heavy atom. The van der Waals surface area contributed by atoms with E-state index in [0.717, 1.165) is 5.56 Å². The van der Waals surface area contributed by atoms with Crippen molar-refractivity contribution in [2.45, 2.75) is 32.9 Å². The van der Waals surface area contributed by atoms with Gasteiger partial charge in [0.05, 0.1) is 0 Å². The summed E-state index contributed by atoms with van der Waals surface area (Å²) in [4.78, 5) is 36.8. The Kier molecular flexibility index (Phi) is 8.68. The third kappa shape index (κ3) is 7.23. The Morgan fingerprint density at radius 1 is 1.03 bits per heavy atom. The fourth-order valence-corrected chi connectivity index (χ4v) is 2.72. The molecule has 2 aromatic rings. The summed E-state index contributed by atoms with van der Waals surface area (Å²) in [5, 5.41) is 2.96. The van der Waals surface area contributed by atoms with Gasteiger partial charge in [-0.2, -0.15) is 0 Å². The van der Waals surface area contributed by atoms with Crippen molar-refractivity contribution in [3.05, 3.63) is 70.7 Å². The van der Waals surface area contributed by atoms with Crippen LogP contribution in [0.25, 0.3) is 0 Å². The van der Waals surface area contributed by atoms with E-state index in [0.29, 0.717) is 17.0 Å². The van der Waals surface area contributed by atoms with E-state index in [2.05, 4.69) is 5.32 Å². The number of hydrogen-bond acceptors (Lipinski definition) is 5. The van der Waals surface area contributed by atoms with Crippen LogP contribution in [-0.4, -0.2) is 30.5 Å². The Morgan fingerprint density at radius 3 is 2.41 bits per heavy atom. The number of Topliss-reactive ketones (excluding diaryl/α,β-unsaturated/α-hetero) is 1. The lowest BCUT2D eigenvalue weighted by molar-refractivity contribution is -0.146. The number of carbonyl (C=O) groups excluding carboxylic acids is 3. The van der Waals surface area contributed by atoms with E-state index in [1.807, 2.05) is 44.2 Å². The molecule has 0 aromatic heterocycles. The zero-order valence-corrected chi connectivity index (χ0v) is 17.1. The molecule has 0 unspecified atom stereocenters. The Bertz CT molecular complexity index is 840. The lowest BCUT2D eigenvalue weighted by atomic mass is 9.99. The first-order valence-electron chi connectivity index (χ1n) is 9.33. The lowest BCUT2D eigenvalue weighted by Crippen LogP contribution is -2.46. The molecule has 0 fully saturated rings. The van der Waals surface area contributed by atoms with Crippen molar-refractivity contribution in [1.29, 1.82) is 0 Å². The third-order valence-electron chi connectivity index (χ3n) is 4.45. The predicted molar refractivity (Wildman–Crippen MR) is 110 cm³/mol. The number of amides is 1. The second kappa shape index (κ2) is 11.2. The highest BCUT2D eigenvalue weighted by atomic mass is 35.5. The second-order valence-corrected chi connectivity index (χ2v) is 7.05. The number of nitrogens with one attached hydrogen (secondary N) is 1. The van der Waals surface area contributed by atoms with Crippen LogP contribution in [0, 0.1) is 5.92 Å². The molecule has 0 aliphatic heterocycles. The van der Waals surface area contributed by atoms with Gasteiger partial charge in [0.2, 0.25) is 0 Å². The van der Waals surface area contributed by atoms with E-state index >= 15 is 0 Å². The molecule has 0 aliphatic rings. The van der Waals surface area contributed by atoms with Gasteiger partial charge in [0.1, 0.15) is 12.6 Å². The molecule has 0 bridgehead atoms. The summed E-state index contributed by atoms with van der Waals surface area (Å²) in [6.07, 6.45) is -0.0988. The van der Waals surface area contributed by atoms with E-state index in [9.17, 15) is 14.4 Å². The van der Waals surface area contributed by atoms with Crippen LogP contribution in [0.3, 0.4) is 0 Å². The molecule has 2 atom stereocenters. The van der Waals surface area contributed by atoms with Crippen LogP contribution in [0.1, 0.15) is 36.2 Å². The van der Waals surface area contributed by atoms with Crippen molar-refractivity contribution >= 4 is 29.4 Å². The smallest absolute Gasteiger partial charge is 0.408 e. The number of alkyl carbamates (subject to hydrolysis) is 1. The SMILES string of the molecule is CC[C@@H](C)[C@@H](NC(=O)OCc1ccccc1)C(=O)OCC(=O)c1cccc(Cl)c1. The zero-order chi connectivity index (χ0) is 21.2. The van der Waals surface area contributed by atoms with Gasteiger partial charge in [0.15, 0.2) is 12.4 Å². The molecule has 0 saturated carbocycles. The summed E-state index contributed by atoms with van der Waals surface area (Å²) >= 11 is 5.87. The van der Waals surface area contributed by atoms with Crippen molar-refractivity contribution in [1.82, 2.24) is 5.32 Å². The topological polar surface area (TPSA) is 81.7 Å². The highest BCUT2D eigenvalue weighted by molar-refractivity contribution is 6.31. The molecule has 6 nitrogen and oxygen atoms in total. The summed E-state index contributed by atoms with van der Waals surface area (Å²) in [6.45, 7) is 3.34. The number of hydrogen-bond donors (Lipinski definition) is 1. The third-order valence-corrected chi connectivity index (χ3v) is 4.68. The number of ether oxygens (including phenoxy) is 2. The minimum absolute atomic E-state index is 0.0855. The number of rotatable bonds is 9. The summed E-state index contributed by atoms with van der Waals surface area (Å²) in [5.41, 5.74) is 1.18. The van der Waals surface area contributed by atoms with Crippen LogP contribution >= 0.6 is 11.6 Å². The molecule has 1 N–H and O–H groups in total. The van der Waals surface area contributed by atoms with Crippen molar-refractivity contribution < 1.29 is 23.9 Å². The molecular weight excluding hydrogens is 394 g/mol. The van der Waals surface area contributed by atoms with E-state index in [4.69, 9.17) is 21.1 Å². The molecule has 2 rings (SSSR count). The molecule has 0 spiro atoms. The summed E-state index contributed by atoms with van der Waals surface area (Å²) < 4.78 is 10.3. The molecule has 0 saturated heterocycles. The van der Waals surface area contributed by atoms with Gasteiger partial charge >= 0.3 is 12.1 Å². The van der Waals surface area contributed by atoms with E-state index in [-0.39, 0.29) is 18.3 Å². The maximum absolute atomic E-state index is 12.5. The van der Waals surface area contributed by atoms with Crippen LogP contribution in [0.2, 0.25) is 5.02 Å². The predicted octanol–water partition coefficient (Wildman–Crippen LogP) is 4.41. The highest BCUT2D eigenvalue weighted by Gasteiger charge is 2.28. The molecule has 0 aliphatic carbocycles. The molecule has 7 heteroatoms. The quantitative estimate of drug-likeness (QED) is 0.482.